The predicted octanol–water partition coefficient (Wildman–Crippen LogP) is 10.7. The average molecular weight is 1210 g/mol. The Balaban J connectivity index is 0.869. The summed E-state index contributed by atoms with van der Waals surface area (Å²) in [6, 6.07) is 14.2. The Bertz CT molecular complexity index is 2790. The predicted molar refractivity (Wildman–Crippen MR) is 329 cm³/mol. The summed E-state index contributed by atoms with van der Waals surface area (Å²) in [6.07, 6.45) is 12.2. The van der Waals surface area contributed by atoms with Crippen molar-refractivity contribution in [1.29, 1.82) is 0 Å². The standard InChI is InChI=1S/C70H99NO16/c1-14-42(2)65-46(6)28-30-69(87-65)38-53(80-41-72)35-52(86-69)26-24-45(5)64(44(4)19-17-21-51-40-79-68-63(74)43(3)29-31-70(51,68)77-13)84-61-37-59(76-12)67(48(8)82-61)85-62-36-58(75-11)66(47(7)81-62)83-60(73)34-49-25-27-57-56(33-49)55(23-18-32-71(9)10)54-22-16-15-20-50(54)39-78-57/h15-17,19-25,27,29,33,41-42,44,46-48,52-53,58-59,61-68,74H,14,18,26,28,30-32,34-40H2,1-13H3/b19-17+,45-24+,51-21+,55-23-/t42-,44-,46-,47-,48-,52+,53?,58-,59-,61-,62-,63+,64-,65?,66-,67-,68+,69+,70?/m0/s1. The van der Waals surface area contributed by atoms with Crippen molar-refractivity contribution in [3.05, 3.63) is 118 Å². The highest BCUT2D eigenvalue weighted by Gasteiger charge is 2.54. The van der Waals surface area contributed by atoms with Crippen LogP contribution in [0.15, 0.2) is 95.6 Å². The van der Waals surface area contributed by atoms with E-state index in [1.807, 2.05) is 69.3 Å². The van der Waals surface area contributed by atoms with Crippen LogP contribution in [-0.2, 0) is 79.5 Å². The zero-order chi connectivity index (χ0) is 62.2. The van der Waals surface area contributed by atoms with E-state index in [1.165, 1.54) is 0 Å². The van der Waals surface area contributed by atoms with E-state index in [9.17, 15) is 14.7 Å². The quantitative estimate of drug-likeness (QED) is 0.0631. The van der Waals surface area contributed by atoms with Gasteiger partial charge in [0.25, 0.3) is 6.47 Å². The number of fused-ring (bicyclic) bond motifs is 3. The first-order valence-electron chi connectivity index (χ1n) is 31.9. The SMILES string of the molecule is CC[C@H](C)C1O[C@]2(CC[C@@H]1C)CC(OC=O)C[C@@H](C/C=C(\C)[C@@H](O[C@H]1C[C@H](OC)[C@@H](O[C@H]3C[C@H](OC)[C@@H](OC(=O)Cc4ccc5c(c4)/C(=C\CCN(C)C)c4ccccc4CO5)[C@H](C)O3)[C@H](C)O1)[C@@H](C)/C=C/C=C1\CO[C@@H]3[C@H](O)C(C)=CCC13OC)O2. The summed E-state index contributed by atoms with van der Waals surface area (Å²) in [4.78, 5) is 27.9. The summed E-state index contributed by atoms with van der Waals surface area (Å²) in [5.41, 5.74) is 7.14. The molecule has 7 aliphatic rings. The minimum absolute atomic E-state index is 0.0411. The van der Waals surface area contributed by atoms with Crippen molar-refractivity contribution < 1.29 is 76.3 Å². The molecule has 0 bridgehead atoms. The fourth-order valence-corrected chi connectivity index (χ4v) is 14.2. The number of aliphatic hydroxyl groups is 1. The van der Waals surface area contributed by atoms with Gasteiger partial charge in [0.05, 0.1) is 49.7 Å². The lowest BCUT2D eigenvalue weighted by Gasteiger charge is -2.50. The van der Waals surface area contributed by atoms with Crippen LogP contribution in [0.25, 0.3) is 5.57 Å². The van der Waals surface area contributed by atoms with Gasteiger partial charge in [0.15, 0.2) is 24.5 Å². The molecule has 1 aliphatic carbocycles. The number of esters is 1. The number of carbonyl (C=O) groups excluding carboxylic acids is 2. The van der Waals surface area contributed by atoms with Crippen LogP contribution in [-0.4, -0.2) is 168 Å². The minimum Gasteiger partial charge on any atom is -0.488 e. The highest BCUT2D eigenvalue weighted by molar-refractivity contribution is 5.86. The molecule has 0 amide bonds. The number of aliphatic hydroxyl groups excluding tert-OH is 1. The van der Waals surface area contributed by atoms with Crippen LogP contribution in [0.3, 0.4) is 0 Å². The number of benzene rings is 2. The first-order valence-corrected chi connectivity index (χ1v) is 31.9. The topological polar surface area (TPSA) is 178 Å². The molecule has 480 valence electrons. The summed E-state index contributed by atoms with van der Waals surface area (Å²) in [6.45, 7) is 18.9. The molecule has 17 heteroatoms. The molecular formula is C70H99NO16. The number of rotatable bonds is 23. The number of allylic oxidation sites excluding steroid dienone is 2. The zero-order valence-corrected chi connectivity index (χ0v) is 53.8. The van der Waals surface area contributed by atoms with Gasteiger partial charge in [-0.05, 0) is 124 Å². The summed E-state index contributed by atoms with van der Waals surface area (Å²) in [7, 11) is 9.09. The summed E-state index contributed by atoms with van der Waals surface area (Å²) in [5, 5.41) is 11.1. The van der Waals surface area contributed by atoms with Crippen LogP contribution in [0.2, 0.25) is 0 Å². The molecule has 1 spiro atoms. The fourth-order valence-electron chi connectivity index (χ4n) is 14.2. The van der Waals surface area contributed by atoms with E-state index in [2.05, 4.69) is 84.0 Å². The number of nitrogens with zero attached hydrogens (tertiary/aromatic N) is 1. The fraction of sp³-hybridized carbons (Fsp3) is 0.657. The molecule has 87 heavy (non-hydrogen) atoms. The lowest BCUT2D eigenvalue weighted by molar-refractivity contribution is -0.340. The van der Waals surface area contributed by atoms with E-state index in [4.69, 9.17) is 61.6 Å². The maximum atomic E-state index is 13.9. The van der Waals surface area contributed by atoms with Gasteiger partial charge in [-0.1, -0.05) is 101 Å². The Morgan fingerprint density at radius 3 is 2.43 bits per heavy atom. The van der Waals surface area contributed by atoms with Gasteiger partial charge in [-0.15, -0.1) is 0 Å². The van der Waals surface area contributed by atoms with Crippen molar-refractivity contribution in [3.63, 3.8) is 0 Å². The molecule has 17 nitrogen and oxygen atoms in total. The first kappa shape index (κ1) is 66.8. The van der Waals surface area contributed by atoms with E-state index in [-0.39, 0.29) is 30.7 Å². The van der Waals surface area contributed by atoms with E-state index in [0.29, 0.717) is 70.0 Å². The van der Waals surface area contributed by atoms with Crippen LogP contribution in [0.5, 0.6) is 5.75 Å². The van der Waals surface area contributed by atoms with Crippen molar-refractivity contribution in [2.24, 2.45) is 17.8 Å². The molecule has 5 fully saturated rings. The number of hydrogen-bond acceptors (Lipinski definition) is 17. The molecule has 5 saturated heterocycles. The van der Waals surface area contributed by atoms with Gasteiger partial charge in [0, 0.05) is 77.9 Å². The second kappa shape index (κ2) is 30.0. The van der Waals surface area contributed by atoms with E-state index < -0.39 is 84.9 Å². The summed E-state index contributed by atoms with van der Waals surface area (Å²) >= 11 is 0. The molecule has 6 heterocycles. The Morgan fingerprint density at radius 2 is 1.68 bits per heavy atom. The Hall–Kier alpha value is -4.60. The third kappa shape index (κ3) is 15.6. The summed E-state index contributed by atoms with van der Waals surface area (Å²) < 4.78 is 83.8. The average Bonchev–Trinajstić information content (AvgIpc) is 1.88. The number of methoxy groups -OCH3 is 3. The number of carbonyl (C=O) groups is 2. The van der Waals surface area contributed by atoms with Crippen molar-refractivity contribution in [2.45, 2.75) is 230 Å². The largest absolute Gasteiger partial charge is 0.488 e. The smallest absolute Gasteiger partial charge is 0.310 e. The van der Waals surface area contributed by atoms with Crippen LogP contribution >= 0.6 is 0 Å². The van der Waals surface area contributed by atoms with Gasteiger partial charge in [0.1, 0.15) is 48.5 Å². The maximum absolute atomic E-state index is 13.9. The van der Waals surface area contributed by atoms with Crippen LogP contribution in [0, 0.1) is 17.8 Å². The molecule has 3 unspecified atom stereocenters. The monoisotopic (exact) mass is 1210 g/mol. The second-order valence-electron chi connectivity index (χ2n) is 25.8. The molecule has 19 atom stereocenters. The maximum Gasteiger partial charge on any atom is 0.310 e. The third-order valence-corrected chi connectivity index (χ3v) is 19.4. The second-order valence-corrected chi connectivity index (χ2v) is 25.8. The molecule has 2 aromatic carbocycles. The van der Waals surface area contributed by atoms with Crippen molar-refractivity contribution in [3.8, 4) is 5.75 Å². The molecule has 1 N–H and O–H groups in total. The Labute approximate surface area is 517 Å². The lowest BCUT2D eigenvalue weighted by atomic mass is 9.78. The van der Waals surface area contributed by atoms with Crippen LogP contribution in [0.4, 0.5) is 0 Å². The normalized spacial score (nSPS) is 35.7. The van der Waals surface area contributed by atoms with Gasteiger partial charge < -0.3 is 71.6 Å². The van der Waals surface area contributed by atoms with Crippen molar-refractivity contribution >= 4 is 18.0 Å². The van der Waals surface area contributed by atoms with Gasteiger partial charge in [-0.25, -0.2) is 0 Å². The van der Waals surface area contributed by atoms with Crippen molar-refractivity contribution in [1.82, 2.24) is 4.90 Å². The van der Waals surface area contributed by atoms with Crippen LogP contribution < -0.4 is 4.74 Å². The Kier molecular flexibility index (Phi) is 23.1. The van der Waals surface area contributed by atoms with Gasteiger partial charge >= 0.3 is 5.97 Å². The molecule has 6 aliphatic heterocycles. The van der Waals surface area contributed by atoms with Gasteiger partial charge in [-0.3, -0.25) is 9.59 Å². The highest BCUT2D eigenvalue weighted by Crippen LogP contribution is 2.47. The number of hydrogen-bond donors (Lipinski definition) is 1. The van der Waals surface area contributed by atoms with Crippen molar-refractivity contribution in [2.75, 3.05) is 48.6 Å². The third-order valence-electron chi connectivity index (χ3n) is 19.4. The van der Waals surface area contributed by atoms with Crippen LogP contribution in [0.1, 0.15) is 142 Å². The van der Waals surface area contributed by atoms with E-state index >= 15 is 0 Å². The molecule has 0 radical (unpaired) electrons. The Morgan fingerprint density at radius 1 is 0.931 bits per heavy atom. The molecular weight excluding hydrogens is 1110 g/mol. The van der Waals surface area contributed by atoms with E-state index in [0.717, 1.165) is 82.5 Å². The zero-order valence-electron chi connectivity index (χ0n) is 53.8. The number of ether oxygens (including phenoxy) is 13. The highest BCUT2D eigenvalue weighted by atomic mass is 16.7. The molecule has 0 saturated carbocycles. The lowest BCUT2D eigenvalue weighted by Crippen LogP contribution is -2.55. The minimum atomic E-state index is -0.841. The molecule has 0 aromatic heterocycles. The summed E-state index contributed by atoms with van der Waals surface area (Å²) in [5.74, 6) is 0.120. The van der Waals surface area contributed by atoms with Gasteiger partial charge in [-0.2, -0.15) is 0 Å². The molecule has 2 aromatic rings. The van der Waals surface area contributed by atoms with Gasteiger partial charge in [0.2, 0.25) is 0 Å². The van der Waals surface area contributed by atoms with E-state index in [1.54, 1.807) is 21.3 Å². The first-order chi connectivity index (χ1) is 41.8. The molecule has 9 rings (SSSR count).